The molecule has 2 fully saturated rings. The first kappa shape index (κ1) is 15.5. The number of aromatic nitrogens is 1. The van der Waals surface area contributed by atoms with E-state index in [4.69, 9.17) is 0 Å². The van der Waals surface area contributed by atoms with E-state index in [0.29, 0.717) is 13.0 Å². The molecule has 2 saturated heterocycles. The number of carbonyl (C=O) groups is 2. The molecule has 0 saturated carbocycles. The number of amides is 2. The Morgan fingerprint density at radius 2 is 2.23 bits per heavy atom. The Kier molecular flexibility index (Phi) is 4.47. The predicted molar refractivity (Wildman–Crippen MR) is 85.4 cm³/mol. The van der Waals surface area contributed by atoms with E-state index in [2.05, 4.69) is 4.98 Å². The third-order valence-electron chi connectivity index (χ3n) is 4.65. The van der Waals surface area contributed by atoms with Gasteiger partial charge in [0.15, 0.2) is 0 Å². The summed E-state index contributed by atoms with van der Waals surface area (Å²) in [6.07, 6.45) is 5.32. The van der Waals surface area contributed by atoms with Crippen molar-refractivity contribution < 1.29 is 9.59 Å². The van der Waals surface area contributed by atoms with E-state index >= 15 is 0 Å². The van der Waals surface area contributed by atoms with Crippen molar-refractivity contribution in [2.75, 3.05) is 13.1 Å². The largest absolute Gasteiger partial charge is 0.339 e. The predicted octanol–water partition coefficient (Wildman–Crippen LogP) is 2.45. The van der Waals surface area contributed by atoms with Gasteiger partial charge in [-0.25, -0.2) is 4.98 Å². The molecule has 0 bridgehead atoms. The Hall–Kier alpha value is -1.43. The highest BCUT2D eigenvalue weighted by Crippen LogP contribution is 2.34. The van der Waals surface area contributed by atoms with Crippen LogP contribution in [0.2, 0.25) is 0 Å². The SMILES string of the molecule is CC(C)N1C[C@H](C(=O)N2CCCC[C@@H]2c2nccs2)CC1=O. The highest BCUT2D eigenvalue weighted by atomic mass is 32.1. The zero-order valence-corrected chi connectivity index (χ0v) is 14.0. The minimum atomic E-state index is -0.185. The van der Waals surface area contributed by atoms with Crippen molar-refractivity contribution in [3.63, 3.8) is 0 Å². The second-order valence-electron chi connectivity index (χ2n) is 6.45. The first-order chi connectivity index (χ1) is 10.6. The molecule has 5 nitrogen and oxygen atoms in total. The average Bonchev–Trinajstić information content (AvgIpc) is 3.15. The van der Waals surface area contributed by atoms with E-state index in [1.54, 1.807) is 17.5 Å². The van der Waals surface area contributed by atoms with Gasteiger partial charge in [0.25, 0.3) is 0 Å². The van der Waals surface area contributed by atoms with Crippen molar-refractivity contribution in [3.05, 3.63) is 16.6 Å². The second-order valence-corrected chi connectivity index (χ2v) is 7.38. The lowest BCUT2D eigenvalue weighted by Crippen LogP contribution is -2.43. The minimum absolute atomic E-state index is 0.101. The van der Waals surface area contributed by atoms with Crippen molar-refractivity contribution in [3.8, 4) is 0 Å². The summed E-state index contributed by atoms with van der Waals surface area (Å²) in [4.78, 5) is 33.2. The van der Waals surface area contributed by atoms with Crippen LogP contribution in [0, 0.1) is 5.92 Å². The lowest BCUT2D eigenvalue weighted by molar-refractivity contribution is -0.139. The fourth-order valence-electron chi connectivity index (χ4n) is 3.48. The molecule has 0 radical (unpaired) electrons. The van der Waals surface area contributed by atoms with Crippen LogP contribution in [0.3, 0.4) is 0 Å². The summed E-state index contributed by atoms with van der Waals surface area (Å²) in [6.45, 7) is 5.36. The van der Waals surface area contributed by atoms with Crippen molar-refractivity contribution in [1.29, 1.82) is 0 Å². The molecule has 0 aliphatic carbocycles. The molecule has 2 aliphatic rings. The molecule has 0 aromatic carbocycles. The van der Waals surface area contributed by atoms with E-state index in [1.807, 2.05) is 29.0 Å². The molecular weight excluding hydrogens is 298 g/mol. The Bertz CT molecular complexity index is 544. The fraction of sp³-hybridized carbons (Fsp3) is 0.688. The quantitative estimate of drug-likeness (QED) is 0.859. The van der Waals surface area contributed by atoms with Gasteiger partial charge in [-0.3, -0.25) is 9.59 Å². The molecule has 3 heterocycles. The molecule has 22 heavy (non-hydrogen) atoms. The summed E-state index contributed by atoms with van der Waals surface area (Å²) >= 11 is 1.62. The van der Waals surface area contributed by atoms with Crippen LogP contribution >= 0.6 is 11.3 Å². The number of carbonyl (C=O) groups excluding carboxylic acids is 2. The topological polar surface area (TPSA) is 53.5 Å². The van der Waals surface area contributed by atoms with Gasteiger partial charge in [0.05, 0.1) is 12.0 Å². The third-order valence-corrected chi connectivity index (χ3v) is 5.53. The zero-order valence-electron chi connectivity index (χ0n) is 13.2. The summed E-state index contributed by atoms with van der Waals surface area (Å²) < 4.78 is 0. The molecule has 1 aromatic heterocycles. The minimum Gasteiger partial charge on any atom is -0.339 e. The van der Waals surface area contributed by atoms with E-state index < -0.39 is 0 Å². The molecule has 120 valence electrons. The normalized spacial score (nSPS) is 26.0. The summed E-state index contributed by atoms with van der Waals surface area (Å²) in [6, 6.07) is 0.269. The second kappa shape index (κ2) is 6.36. The first-order valence-corrected chi connectivity index (χ1v) is 8.95. The van der Waals surface area contributed by atoms with Gasteiger partial charge in [-0.15, -0.1) is 11.3 Å². The van der Waals surface area contributed by atoms with E-state index in [1.165, 1.54) is 0 Å². The maximum Gasteiger partial charge on any atom is 0.228 e. The van der Waals surface area contributed by atoms with Crippen molar-refractivity contribution in [2.24, 2.45) is 5.92 Å². The Labute approximate surface area is 135 Å². The molecule has 6 heteroatoms. The Morgan fingerprint density at radius 1 is 1.41 bits per heavy atom. The van der Waals surface area contributed by atoms with E-state index in [0.717, 1.165) is 30.8 Å². The van der Waals surface area contributed by atoms with Gasteiger partial charge in [0.2, 0.25) is 11.8 Å². The lowest BCUT2D eigenvalue weighted by Gasteiger charge is -2.36. The van der Waals surface area contributed by atoms with Crippen LogP contribution in [0.4, 0.5) is 0 Å². The van der Waals surface area contributed by atoms with Crippen molar-refractivity contribution in [2.45, 2.75) is 51.6 Å². The molecule has 3 rings (SSSR count). The monoisotopic (exact) mass is 321 g/mol. The van der Waals surface area contributed by atoms with E-state index in [9.17, 15) is 9.59 Å². The standard InChI is InChI=1S/C16H23N3O2S/c1-11(2)19-10-12(9-14(19)20)16(21)18-7-4-3-5-13(18)15-17-6-8-22-15/h6,8,11-13H,3-5,7,9-10H2,1-2H3/t12-,13-/m1/s1. The molecule has 1 aromatic rings. The van der Waals surface area contributed by atoms with Gasteiger partial charge >= 0.3 is 0 Å². The number of rotatable bonds is 3. The van der Waals surface area contributed by atoms with Crippen LogP contribution in [0.25, 0.3) is 0 Å². The molecule has 0 spiro atoms. The maximum absolute atomic E-state index is 12.9. The summed E-state index contributed by atoms with van der Waals surface area (Å²) in [5.41, 5.74) is 0. The Balaban J connectivity index is 1.74. The van der Waals surface area contributed by atoms with Gasteiger partial charge in [-0.05, 0) is 33.1 Å². The molecule has 0 unspecified atom stereocenters. The van der Waals surface area contributed by atoms with Crippen molar-refractivity contribution >= 4 is 23.2 Å². The van der Waals surface area contributed by atoms with Crippen LogP contribution in [0.1, 0.15) is 50.6 Å². The number of hydrogen-bond donors (Lipinski definition) is 0. The highest BCUT2D eigenvalue weighted by Gasteiger charge is 2.40. The number of piperidine rings is 1. The van der Waals surface area contributed by atoms with Gasteiger partial charge < -0.3 is 9.80 Å². The lowest BCUT2D eigenvalue weighted by atomic mass is 9.99. The smallest absolute Gasteiger partial charge is 0.228 e. The number of thiazole rings is 1. The van der Waals surface area contributed by atoms with E-state index in [-0.39, 0.29) is 29.8 Å². The van der Waals surface area contributed by atoms with Crippen LogP contribution < -0.4 is 0 Å². The average molecular weight is 321 g/mol. The fourth-order valence-corrected chi connectivity index (χ4v) is 4.27. The van der Waals surface area contributed by atoms with Crippen LogP contribution in [-0.2, 0) is 9.59 Å². The van der Waals surface area contributed by atoms with Gasteiger partial charge in [0.1, 0.15) is 5.01 Å². The van der Waals surface area contributed by atoms with Crippen LogP contribution in [0.5, 0.6) is 0 Å². The first-order valence-electron chi connectivity index (χ1n) is 8.07. The van der Waals surface area contributed by atoms with Crippen LogP contribution in [0.15, 0.2) is 11.6 Å². The molecular formula is C16H23N3O2S. The van der Waals surface area contributed by atoms with Crippen LogP contribution in [-0.4, -0.2) is 45.7 Å². The molecule has 2 amide bonds. The Morgan fingerprint density at radius 3 is 2.86 bits per heavy atom. The summed E-state index contributed by atoms with van der Waals surface area (Å²) in [7, 11) is 0. The number of hydrogen-bond acceptors (Lipinski definition) is 4. The molecule has 2 aliphatic heterocycles. The van der Waals surface area contributed by atoms with Gasteiger partial charge in [-0.2, -0.15) is 0 Å². The number of nitrogens with zero attached hydrogens (tertiary/aromatic N) is 3. The zero-order chi connectivity index (χ0) is 15.7. The molecule has 2 atom stereocenters. The molecule has 0 N–H and O–H groups in total. The third kappa shape index (κ3) is 2.89. The van der Waals surface area contributed by atoms with Gasteiger partial charge in [-0.1, -0.05) is 0 Å². The summed E-state index contributed by atoms with van der Waals surface area (Å²) in [5.74, 6) is 0.0584. The van der Waals surface area contributed by atoms with Gasteiger partial charge in [0, 0.05) is 37.1 Å². The van der Waals surface area contributed by atoms with Crippen molar-refractivity contribution in [1.82, 2.24) is 14.8 Å². The number of likely N-dealkylation sites (tertiary alicyclic amines) is 2. The highest BCUT2D eigenvalue weighted by molar-refractivity contribution is 7.09. The maximum atomic E-state index is 12.9. The summed E-state index contributed by atoms with van der Waals surface area (Å²) in [5, 5.41) is 2.99.